The van der Waals surface area contributed by atoms with Crippen LogP contribution in [-0.4, -0.2) is 6.54 Å². The second-order valence-electron chi connectivity index (χ2n) is 7.27. The van der Waals surface area contributed by atoms with E-state index >= 15 is 0 Å². The maximum atomic E-state index is 11.0. The molecule has 0 aliphatic rings. The molecule has 0 unspecified atom stereocenters. The number of unbranched alkanes of at least 4 members (excludes halogenated alkanes) is 16. The summed E-state index contributed by atoms with van der Waals surface area (Å²) in [6, 6.07) is 0. The molecule has 24 heavy (non-hydrogen) atoms. The maximum Gasteiger partial charge on any atom is 0.273 e. The van der Waals surface area contributed by atoms with Gasteiger partial charge >= 0.3 is 0 Å². The fourth-order valence-electron chi connectivity index (χ4n) is 3.10. The summed E-state index contributed by atoms with van der Waals surface area (Å²) in [6.07, 6.45) is 23.2. The zero-order chi connectivity index (χ0) is 17.9. The molecular weight excluding hydrogens is 317 g/mol. The van der Waals surface area contributed by atoms with E-state index in [9.17, 15) is 4.57 Å². The molecule has 4 nitrogen and oxygen atoms in total. The van der Waals surface area contributed by atoms with Crippen LogP contribution in [0.3, 0.4) is 0 Å². The van der Waals surface area contributed by atoms with Crippen molar-refractivity contribution in [1.29, 1.82) is 0 Å². The monoisotopic (exact) mass is 361 g/mol. The molecule has 5 N–H and O–H groups in total. The molecule has 0 aromatic carbocycles. The van der Waals surface area contributed by atoms with E-state index in [2.05, 4.69) is 12.0 Å². The van der Waals surface area contributed by atoms with Crippen molar-refractivity contribution in [2.24, 2.45) is 11.0 Å². The Bertz CT molecular complexity index is 294. The summed E-state index contributed by atoms with van der Waals surface area (Å²) in [7, 11) is -3.01. The van der Waals surface area contributed by atoms with E-state index in [1.165, 1.54) is 103 Å². The topological polar surface area (TPSA) is 81.1 Å². The lowest BCUT2D eigenvalue weighted by Crippen LogP contribution is -2.22. The number of hydrogen-bond donors (Lipinski definition) is 3. The van der Waals surface area contributed by atoms with Crippen LogP contribution in [-0.2, 0) is 4.57 Å². The molecule has 0 aliphatic heterocycles. The molecule has 0 fully saturated rings. The Morgan fingerprint density at radius 1 is 0.583 bits per heavy atom. The lowest BCUT2D eigenvalue weighted by molar-refractivity contribution is 0.525. The SMILES string of the molecule is CCCCCCCCCCCCCCCCCCCNP(N)(N)=O. The van der Waals surface area contributed by atoms with Gasteiger partial charge in [0.2, 0.25) is 0 Å². The number of nitrogens with two attached hydrogens (primary N) is 2. The Kier molecular flexibility index (Phi) is 18.0. The lowest BCUT2D eigenvalue weighted by atomic mass is 10.0. The highest BCUT2D eigenvalue weighted by atomic mass is 31.2. The van der Waals surface area contributed by atoms with Crippen molar-refractivity contribution in [1.82, 2.24) is 5.09 Å². The van der Waals surface area contributed by atoms with Crippen LogP contribution < -0.4 is 16.1 Å². The Morgan fingerprint density at radius 3 is 1.17 bits per heavy atom. The molecule has 0 spiro atoms. The normalized spacial score (nSPS) is 12.0. The predicted molar refractivity (Wildman–Crippen MR) is 108 cm³/mol. The standard InChI is InChI=1S/C19H44N3OP/c1-2-3-4-5-6-7-8-9-10-11-12-13-14-15-16-17-18-19-22-24(20,21)23/h2-19H2,1H3,(H5,20,21,22,23). The highest BCUT2D eigenvalue weighted by Gasteiger charge is 2.04. The molecule has 0 atom stereocenters. The van der Waals surface area contributed by atoms with E-state index in [0.717, 1.165) is 6.42 Å². The summed E-state index contributed by atoms with van der Waals surface area (Å²) in [5.74, 6) is 0. The van der Waals surface area contributed by atoms with Gasteiger partial charge < -0.3 is 0 Å². The first-order valence-corrected chi connectivity index (χ1v) is 12.3. The van der Waals surface area contributed by atoms with E-state index in [-0.39, 0.29) is 0 Å². The lowest BCUT2D eigenvalue weighted by Gasteiger charge is -2.08. The van der Waals surface area contributed by atoms with Gasteiger partial charge in [-0.2, -0.15) is 0 Å². The van der Waals surface area contributed by atoms with Gasteiger partial charge in [0.1, 0.15) is 0 Å². The summed E-state index contributed by atoms with van der Waals surface area (Å²) >= 11 is 0. The largest absolute Gasteiger partial charge is 0.273 e. The third-order valence-corrected chi connectivity index (χ3v) is 5.36. The van der Waals surface area contributed by atoms with Gasteiger partial charge in [-0.05, 0) is 6.42 Å². The molecule has 0 aliphatic carbocycles. The zero-order valence-electron chi connectivity index (χ0n) is 16.2. The van der Waals surface area contributed by atoms with Crippen LogP contribution in [0.5, 0.6) is 0 Å². The Labute approximate surface area is 151 Å². The van der Waals surface area contributed by atoms with Crippen LogP contribution in [0, 0.1) is 0 Å². The van der Waals surface area contributed by atoms with Gasteiger partial charge in [-0.15, -0.1) is 0 Å². The molecule has 0 heterocycles. The fraction of sp³-hybridized carbons (Fsp3) is 1.00. The van der Waals surface area contributed by atoms with E-state index in [1.54, 1.807) is 0 Å². The second kappa shape index (κ2) is 17.9. The van der Waals surface area contributed by atoms with Crippen molar-refractivity contribution < 1.29 is 4.57 Å². The van der Waals surface area contributed by atoms with Crippen molar-refractivity contribution in [3.8, 4) is 0 Å². The van der Waals surface area contributed by atoms with Gasteiger partial charge in [0.25, 0.3) is 7.59 Å². The Balaban J connectivity index is 3.02. The first-order chi connectivity index (χ1) is 11.6. The highest BCUT2D eigenvalue weighted by molar-refractivity contribution is 7.56. The molecule has 0 amide bonds. The molecule has 0 rings (SSSR count). The van der Waals surface area contributed by atoms with Crippen LogP contribution in [0.15, 0.2) is 0 Å². The molecule has 5 heteroatoms. The third-order valence-electron chi connectivity index (χ3n) is 4.64. The van der Waals surface area contributed by atoms with Crippen molar-refractivity contribution in [2.75, 3.05) is 6.54 Å². The average Bonchev–Trinajstić information content (AvgIpc) is 2.52. The zero-order valence-corrected chi connectivity index (χ0v) is 17.1. The smallest absolute Gasteiger partial charge is 0.271 e. The van der Waals surface area contributed by atoms with Gasteiger partial charge in [0.15, 0.2) is 0 Å². The molecule has 146 valence electrons. The van der Waals surface area contributed by atoms with Gasteiger partial charge in [-0.25, -0.2) is 5.09 Å². The van der Waals surface area contributed by atoms with Gasteiger partial charge in [0, 0.05) is 6.54 Å². The summed E-state index contributed by atoms with van der Waals surface area (Å²) < 4.78 is 11.0. The molecular formula is C19H44N3OP. The van der Waals surface area contributed by atoms with Crippen molar-refractivity contribution >= 4 is 7.59 Å². The number of rotatable bonds is 19. The predicted octanol–water partition coefficient (Wildman–Crippen LogP) is 6.25. The number of nitrogens with one attached hydrogen (secondary N) is 1. The average molecular weight is 362 g/mol. The summed E-state index contributed by atoms with van der Waals surface area (Å²) in [4.78, 5) is 0. The Hall–Kier alpha value is 0.110. The summed E-state index contributed by atoms with van der Waals surface area (Å²) in [5, 5.41) is 2.69. The Morgan fingerprint density at radius 2 is 0.875 bits per heavy atom. The van der Waals surface area contributed by atoms with Crippen LogP contribution in [0.2, 0.25) is 0 Å². The quantitative estimate of drug-likeness (QED) is 0.187. The van der Waals surface area contributed by atoms with Crippen LogP contribution in [0.1, 0.15) is 116 Å². The first-order valence-electron chi connectivity index (χ1n) is 10.5. The molecule has 0 bridgehead atoms. The number of hydrogen-bond acceptors (Lipinski definition) is 1. The fourth-order valence-corrected chi connectivity index (χ4v) is 3.61. The van der Waals surface area contributed by atoms with E-state index in [0.29, 0.717) is 6.54 Å². The molecule has 0 aromatic rings. The van der Waals surface area contributed by atoms with Crippen LogP contribution in [0.25, 0.3) is 0 Å². The maximum absolute atomic E-state index is 11.0. The van der Waals surface area contributed by atoms with E-state index in [4.69, 9.17) is 11.0 Å². The minimum atomic E-state index is -3.01. The molecule has 0 saturated carbocycles. The minimum absolute atomic E-state index is 0.670. The summed E-state index contributed by atoms with van der Waals surface area (Å²) in [5.41, 5.74) is 10.5. The molecule has 0 saturated heterocycles. The van der Waals surface area contributed by atoms with E-state index < -0.39 is 7.59 Å². The van der Waals surface area contributed by atoms with Gasteiger partial charge in [0.05, 0.1) is 0 Å². The second-order valence-corrected chi connectivity index (χ2v) is 9.01. The van der Waals surface area contributed by atoms with Crippen LogP contribution >= 0.6 is 7.59 Å². The van der Waals surface area contributed by atoms with Crippen molar-refractivity contribution in [3.63, 3.8) is 0 Å². The minimum Gasteiger partial charge on any atom is -0.271 e. The van der Waals surface area contributed by atoms with Gasteiger partial charge in [-0.1, -0.05) is 110 Å². The highest BCUT2D eigenvalue weighted by Crippen LogP contribution is 2.17. The summed E-state index contributed by atoms with van der Waals surface area (Å²) in [6.45, 7) is 2.95. The van der Waals surface area contributed by atoms with Gasteiger partial charge in [-0.3, -0.25) is 15.6 Å². The molecule has 0 radical (unpaired) electrons. The van der Waals surface area contributed by atoms with Crippen molar-refractivity contribution in [3.05, 3.63) is 0 Å². The first kappa shape index (κ1) is 24.1. The molecule has 0 aromatic heterocycles. The third kappa shape index (κ3) is 22.1. The van der Waals surface area contributed by atoms with Crippen LogP contribution in [0.4, 0.5) is 0 Å². The van der Waals surface area contributed by atoms with E-state index in [1.807, 2.05) is 0 Å². The van der Waals surface area contributed by atoms with Crippen molar-refractivity contribution in [2.45, 2.75) is 116 Å².